The third-order valence-corrected chi connectivity index (χ3v) is 15.8. The standard InChI is InChI=1S/C47H80O7/c1-8-9-10-11-12-13-14-15-16-17-18-41(48)52-30-40-42(49)43(50)44(51)45(54-40)53-35-25-27-46(6)34(29-35)21-22-36-38-24-23-37(47(38,7)28-26-39(36)46)33(5)20-19-32(4)31(2)3/h10-11,21,31-33,35-40,42-45,49-51H,8-9,12-20,22-30H2,1-7H3/b11-10-. The molecule has 0 spiro atoms. The molecule has 1 saturated heterocycles. The molecule has 0 aromatic heterocycles. The lowest BCUT2D eigenvalue weighted by Crippen LogP contribution is -2.60. The minimum absolute atomic E-state index is 0.141. The van der Waals surface area contributed by atoms with E-state index < -0.39 is 30.7 Å². The van der Waals surface area contributed by atoms with Crippen molar-refractivity contribution in [1.29, 1.82) is 0 Å². The SMILES string of the molecule is CCC/C=C\CCCCCCCC(=O)OCC1OC(OC2CCC3(C)C(=CCC4C3CCC3(C)C(C(C)CCC(C)C(C)C)CCC43)C2)C(O)C(O)C1O. The first-order chi connectivity index (χ1) is 25.8. The molecule has 14 unspecified atom stereocenters. The summed E-state index contributed by atoms with van der Waals surface area (Å²) in [5, 5.41) is 32.4. The minimum Gasteiger partial charge on any atom is -0.463 e. The third-order valence-electron chi connectivity index (χ3n) is 15.8. The lowest BCUT2D eigenvalue weighted by atomic mass is 9.47. The maximum absolute atomic E-state index is 12.5. The smallest absolute Gasteiger partial charge is 0.305 e. The topological polar surface area (TPSA) is 105 Å². The highest BCUT2D eigenvalue weighted by Crippen LogP contribution is 2.67. The zero-order chi connectivity index (χ0) is 39.0. The van der Waals surface area contributed by atoms with Gasteiger partial charge >= 0.3 is 5.97 Å². The number of rotatable bonds is 19. The first-order valence-corrected chi connectivity index (χ1v) is 22.6. The minimum atomic E-state index is -1.44. The average Bonchev–Trinajstić information content (AvgIpc) is 3.51. The van der Waals surface area contributed by atoms with Gasteiger partial charge in [-0.3, -0.25) is 4.79 Å². The molecule has 0 radical (unpaired) electrons. The fraction of sp³-hybridized carbons (Fsp3) is 0.894. The second kappa shape index (κ2) is 19.9. The van der Waals surface area contributed by atoms with Crippen LogP contribution in [0, 0.1) is 52.3 Å². The molecule has 310 valence electrons. The van der Waals surface area contributed by atoms with Crippen LogP contribution in [0.2, 0.25) is 0 Å². The predicted molar refractivity (Wildman–Crippen MR) is 216 cm³/mol. The van der Waals surface area contributed by atoms with Crippen molar-refractivity contribution in [2.45, 2.75) is 207 Å². The molecule has 3 N–H and O–H groups in total. The van der Waals surface area contributed by atoms with Crippen molar-refractivity contribution in [3.8, 4) is 0 Å². The highest BCUT2D eigenvalue weighted by Gasteiger charge is 2.59. The average molecular weight is 757 g/mol. The molecule has 5 rings (SSSR count). The number of hydrogen-bond donors (Lipinski definition) is 3. The molecule has 4 aliphatic carbocycles. The first-order valence-electron chi connectivity index (χ1n) is 22.6. The van der Waals surface area contributed by atoms with Crippen LogP contribution in [-0.4, -0.2) is 64.7 Å². The van der Waals surface area contributed by atoms with Crippen LogP contribution >= 0.6 is 0 Å². The highest BCUT2D eigenvalue weighted by molar-refractivity contribution is 5.69. The molecule has 1 heterocycles. The van der Waals surface area contributed by atoms with E-state index in [4.69, 9.17) is 14.2 Å². The van der Waals surface area contributed by atoms with Crippen molar-refractivity contribution in [3.05, 3.63) is 23.8 Å². The van der Waals surface area contributed by atoms with E-state index in [1.165, 1.54) is 56.9 Å². The van der Waals surface area contributed by atoms with E-state index in [-0.39, 0.29) is 24.1 Å². The number of esters is 1. The third kappa shape index (κ3) is 10.2. The van der Waals surface area contributed by atoms with Gasteiger partial charge in [-0.1, -0.05) is 111 Å². The van der Waals surface area contributed by atoms with Crippen LogP contribution < -0.4 is 0 Å². The monoisotopic (exact) mass is 757 g/mol. The summed E-state index contributed by atoms with van der Waals surface area (Å²) in [6, 6.07) is 0. The molecule has 1 aliphatic heterocycles. The fourth-order valence-corrected chi connectivity index (χ4v) is 11.8. The summed E-state index contributed by atoms with van der Waals surface area (Å²) < 4.78 is 17.9. The molecule has 0 amide bonds. The highest BCUT2D eigenvalue weighted by atomic mass is 16.7. The van der Waals surface area contributed by atoms with Gasteiger partial charge in [-0.15, -0.1) is 0 Å². The molecular formula is C47H80O7. The molecule has 5 aliphatic rings. The van der Waals surface area contributed by atoms with E-state index in [1.807, 2.05) is 0 Å². The van der Waals surface area contributed by atoms with Gasteiger partial charge < -0.3 is 29.5 Å². The van der Waals surface area contributed by atoms with Crippen LogP contribution in [0.4, 0.5) is 0 Å². The second-order valence-corrected chi connectivity index (χ2v) is 19.5. The Bertz CT molecular complexity index is 1230. The number of allylic oxidation sites excluding steroid dienone is 3. The summed E-state index contributed by atoms with van der Waals surface area (Å²) in [7, 11) is 0. The molecule has 3 saturated carbocycles. The Morgan fingerprint density at radius 3 is 2.39 bits per heavy atom. The molecule has 4 fully saturated rings. The number of aliphatic hydroxyl groups excluding tert-OH is 3. The van der Waals surface area contributed by atoms with Crippen LogP contribution in [0.25, 0.3) is 0 Å². The molecular weight excluding hydrogens is 677 g/mol. The Morgan fingerprint density at radius 2 is 1.63 bits per heavy atom. The Morgan fingerprint density at radius 1 is 0.889 bits per heavy atom. The largest absolute Gasteiger partial charge is 0.463 e. The van der Waals surface area contributed by atoms with Crippen molar-refractivity contribution in [1.82, 2.24) is 0 Å². The Hall–Kier alpha value is -1.25. The van der Waals surface area contributed by atoms with Crippen molar-refractivity contribution in [2.75, 3.05) is 6.61 Å². The van der Waals surface area contributed by atoms with E-state index in [1.54, 1.807) is 0 Å². The summed E-state index contributed by atoms with van der Waals surface area (Å²) in [5.74, 6) is 5.15. The molecule has 54 heavy (non-hydrogen) atoms. The summed E-state index contributed by atoms with van der Waals surface area (Å²) in [6.45, 7) is 16.9. The number of fused-ring (bicyclic) bond motifs is 5. The fourth-order valence-electron chi connectivity index (χ4n) is 11.8. The number of unbranched alkanes of at least 4 members (excludes halogenated alkanes) is 6. The van der Waals surface area contributed by atoms with Crippen LogP contribution in [0.3, 0.4) is 0 Å². The summed E-state index contributed by atoms with van der Waals surface area (Å²) in [6.07, 6.45) is 21.7. The Labute approximate surface area is 329 Å². The zero-order valence-electron chi connectivity index (χ0n) is 35.4. The maximum Gasteiger partial charge on any atom is 0.305 e. The van der Waals surface area contributed by atoms with Crippen LogP contribution in [-0.2, 0) is 19.0 Å². The van der Waals surface area contributed by atoms with Crippen molar-refractivity contribution >= 4 is 5.97 Å². The second-order valence-electron chi connectivity index (χ2n) is 19.5. The van der Waals surface area contributed by atoms with Gasteiger partial charge in [-0.25, -0.2) is 0 Å². The van der Waals surface area contributed by atoms with Crippen LogP contribution in [0.15, 0.2) is 23.8 Å². The zero-order valence-corrected chi connectivity index (χ0v) is 35.4. The molecule has 14 atom stereocenters. The van der Waals surface area contributed by atoms with Gasteiger partial charge in [0.05, 0.1) is 6.10 Å². The molecule has 7 nitrogen and oxygen atoms in total. The summed E-state index contributed by atoms with van der Waals surface area (Å²) in [5.41, 5.74) is 2.12. The van der Waals surface area contributed by atoms with Crippen molar-refractivity contribution < 1.29 is 34.3 Å². The predicted octanol–water partition coefficient (Wildman–Crippen LogP) is 10.1. The number of carbonyl (C=O) groups is 1. The Kier molecular flexibility index (Phi) is 16.2. The van der Waals surface area contributed by atoms with Crippen molar-refractivity contribution in [2.24, 2.45) is 52.3 Å². The van der Waals surface area contributed by atoms with E-state index in [9.17, 15) is 20.1 Å². The lowest BCUT2D eigenvalue weighted by Gasteiger charge is -2.58. The summed E-state index contributed by atoms with van der Waals surface area (Å²) in [4.78, 5) is 12.5. The van der Waals surface area contributed by atoms with Gasteiger partial charge in [0.2, 0.25) is 0 Å². The quantitative estimate of drug-likeness (QED) is 0.0685. The van der Waals surface area contributed by atoms with Gasteiger partial charge in [-0.2, -0.15) is 0 Å². The Balaban J connectivity index is 1.09. The maximum atomic E-state index is 12.5. The lowest BCUT2D eigenvalue weighted by molar-refractivity contribution is -0.313. The number of aliphatic hydroxyl groups is 3. The molecule has 0 aromatic carbocycles. The van der Waals surface area contributed by atoms with Gasteiger partial charge in [0.25, 0.3) is 0 Å². The number of hydrogen-bond acceptors (Lipinski definition) is 7. The van der Waals surface area contributed by atoms with Crippen LogP contribution in [0.1, 0.15) is 170 Å². The normalized spacial score (nSPS) is 39.1. The first kappa shape index (κ1) is 43.9. The van der Waals surface area contributed by atoms with Gasteiger partial charge in [0.15, 0.2) is 6.29 Å². The van der Waals surface area contributed by atoms with Crippen LogP contribution in [0.5, 0.6) is 0 Å². The van der Waals surface area contributed by atoms with E-state index in [0.29, 0.717) is 17.8 Å². The molecule has 0 aromatic rings. The van der Waals surface area contributed by atoms with Crippen molar-refractivity contribution in [3.63, 3.8) is 0 Å². The van der Waals surface area contributed by atoms with E-state index in [0.717, 1.165) is 99.7 Å². The van der Waals surface area contributed by atoms with E-state index >= 15 is 0 Å². The van der Waals surface area contributed by atoms with Gasteiger partial charge in [-0.05, 0) is 129 Å². The van der Waals surface area contributed by atoms with E-state index in [2.05, 4.69) is 66.7 Å². The molecule has 0 bridgehead atoms. The number of ether oxygens (including phenoxy) is 3. The molecule has 7 heteroatoms. The number of carbonyl (C=O) groups excluding carboxylic acids is 1. The van der Waals surface area contributed by atoms with Gasteiger partial charge in [0.1, 0.15) is 31.0 Å². The van der Waals surface area contributed by atoms with Gasteiger partial charge in [0, 0.05) is 6.42 Å². The summed E-state index contributed by atoms with van der Waals surface area (Å²) >= 11 is 0.